The second kappa shape index (κ2) is 3.42. The smallest absolute Gasteiger partial charge is 0.139 e. The van der Waals surface area contributed by atoms with E-state index >= 15 is 0 Å². The molecule has 1 rings (SSSR count). The van der Waals surface area contributed by atoms with Crippen molar-refractivity contribution in [3.8, 4) is 0 Å². The molecule has 68 valence electrons. The largest absolute Gasteiger partial charge is 0.299 e. The van der Waals surface area contributed by atoms with Crippen LogP contribution in [0.3, 0.4) is 0 Å². The average molecular weight is 166 g/mol. The molecule has 0 bridgehead atoms. The van der Waals surface area contributed by atoms with Gasteiger partial charge >= 0.3 is 0 Å². The zero-order valence-electron chi connectivity index (χ0n) is 8.37. The number of hydrogen-bond acceptors (Lipinski definition) is 1. The van der Waals surface area contributed by atoms with Crippen LogP contribution >= 0.6 is 0 Å². The van der Waals surface area contributed by atoms with E-state index in [1.54, 1.807) is 0 Å². The Kier molecular flexibility index (Phi) is 2.71. The van der Waals surface area contributed by atoms with E-state index in [0.29, 0.717) is 17.6 Å². The second-order valence-electron chi connectivity index (χ2n) is 4.08. The van der Waals surface area contributed by atoms with E-state index in [2.05, 4.69) is 26.0 Å². The molecule has 0 saturated heterocycles. The Morgan fingerprint density at radius 1 is 0.917 bits per heavy atom. The lowest BCUT2D eigenvalue weighted by Gasteiger charge is -2.18. The maximum atomic E-state index is 11.7. The summed E-state index contributed by atoms with van der Waals surface area (Å²) in [6, 6.07) is 0. The first kappa shape index (κ1) is 9.50. The van der Waals surface area contributed by atoms with Crippen molar-refractivity contribution in [1.29, 1.82) is 0 Å². The van der Waals surface area contributed by atoms with Gasteiger partial charge < -0.3 is 0 Å². The third-order valence-electron chi connectivity index (χ3n) is 3.19. The van der Waals surface area contributed by atoms with Crippen LogP contribution in [0.15, 0.2) is 12.2 Å². The van der Waals surface area contributed by atoms with Crippen molar-refractivity contribution in [2.75, 3.05) is 0 Å². The molecular weight excluding hydrogens is 148 g/mol. The van der Waals surface area contributed by atoms with Crippen LogP contribution in [0.5, 0.6) is 0 Å². The number of allylic oxidation sites excluding steroid dienone is 2. The third-order valence-corrected chi connectivity index (χ3v) is 3.19. The first-order valence-electron chi connectivity index (χ1n) is 4.76. The Bertz CT molecular complexity index is 185. The Morgan fingerprint density at radius 2 is 1.25 bits per heavy atom. The predicted molar refractivity (Wildman–Crippen MR) is 50.8 cm³/mol. The fraction of sp³-hybridized carbons (Fsp3) is 0.727. The molecule has 0 saturated carbocycles. The van der Waals surface area contributed by atoms with Crippen LogP contribution in [0.2, 0.25) is 0 Å². The molecule has 0 aromatic carbocycles. The highest BCUT2D eigenvalue weighted by Crippen LogP contribution is 2.27. The van der Waals surface area contributed by atoms with Gasteiger partial charge in [0.05, 0.1) is 0 Å². The number of Topliss-reactive ketones (excluding diaryl/α,β-unsaturated/α-hetero) is 1. The summed E-state index contributed by atoms with van der Waals surface area (Å²) in [4.78, 5) is 11.7. The van der Waals surface area contributed by atoms with Gasteiger partial charge in [0, 0.05) is 11.8 Å². The van der Waals surface area contributed by atoms with Crippen LogP contribution in [0, 0.1) is 23.7 Å². The Morgan fingerprint density at radius 3 is 1.58 bits per heavy atom. The van der Waals surface area contributed by atoms with Crippen molar-refractivity contribution in [2.24, 2.45) is 23.7 Å². The summed E-state index contributed by atoms with van der Waals surface area (Å²) in [7, 11) is 0. The van der Waals surface area contributed by atoms with Crippen LogP contribution in [0.25, 0.3) is 0 Å². The van der Waals surface area contributed by atoms with Crippen molar-refractivity contribution in [3.63, 3.8) is 0 Å². The molecular formula is C11H18O. The highest BCUT2D eigenvalue weighted by atomic mass is 16.1. The van der Waals surface area contributed by atoms with E-state index in [-0.39, 0.29) is 11.8 Å². The molecule has 0 fully saturated rings. The Balaban J connectivity index is 2.87. The van der Waals surface area contributed by atoms with Crippen LogP contribution < -0.4 is 0 Å². The van der Waals surface area contributed by atoms with Crippen molar-refractivity contribution in [1.82, 2.24) is 0 Å². The van der Waals surface area contributed by atoms with Crippen molar-refractivity contribution < 1.29 is 4.79 Å². The molecule has 1 aliphatic carbocycles. The Hall–Kier alpha value is -0.590. The first-order chi connectivity index (χ1) is 5.54. The topological polar surface area (TPSA) is 17.1 Å². The third kappa shape index (κ3) is 1.60. The van der Waals surface area contributed by atoms with E-state index < -0.39 is 0 Å². The predicted octanol–water partition coefficient (Wildman–Crippen LogP) is 2.67. The minimum atomic E-state index is 0.196. The number of carbonyl (C=O) groups is 1. The normalized spacial score (nSPS) is 42.8. The summed E-state index contributed by atoms with van der Waals surface area (Å²) >= 11 is 0. The average Bonchev–Trinajstić information content (AvgIpc) is 2.14. The van der Waals surface area contributed by atoms with Gasteiger partial charge in [0.15, 0.2) is 0 Å². The summed E-state index contributed by atoms with van der Waals surface area (Å²) < 4.78 is 0. The number of carbonyl (C=O) groups excluding carboxylic acids is 1. The monoisotopic (exact) mass is 166 g/mol. The molecule has 3 unspecified atom stereocenters. The standard InChI is InChI=1S/C11H18O/c1-7-5-6-8(2)10(4)11(12)9(7)3/h5-10H,1-4H3/t7?,8?,9-,10?/m1/s1. The zero-order chi connectivity index (χ0) is 9.30. The first-order valence-corrected chi connectivity index (χ1v) is 4.76. The molecule has 1 aliphatic rings. The molecule has 12 heavy (non-hydrogen) atoms. The number of hydrogen-bond donors (Lipinski definition) is 0. The van der Waals surface area contributed by atoms with Crippen molar-refractivity contribution in [2.45, 2.75) is 27.7 Å². The second-order valence-corrected chi connectivity index (χ2v) is 4.08. The van der Waals surface area contributed by atoms with Crippen molar-refractivity contribution in [3.05, 3.63) is 12.2 Å². The lowest BCUT2D eigenvalue weighted by molar-refractivity contribution is -0.127. The lowest BCUT2D eigenvalue weighted by atomic mass is 9.85. The van der Waals surface area contributed by atoms with E-state index in [1.807, 2.05) is 13.8 Å². The molecule has 0 aromatic heterocycles. The summed E-state index contributed by atoms with van der Waals surface area (Å²) in [5, 5.41) is 0. The van der Waals surface area contributed by atoms with E-state index in [9.17, 15) is 4.79 Å². The summed E-state index contributed by atoms with van der Waals surface area (Å²) in [5.41, 5.74) is 0. The quantitative estimate of drug-likeness (QED) is 0.506. The van der Waals surface area contributed by atoms with Gasteiger partial charge in [-0.05, 0) is 11.8 Å². The van der Waals surface area contributed by atoms with Crippen LogP contribution in [-0.4, -0.2) is 5.78 Å². The maximum Gasteiger partial charge on any atom is 0.139 e. The molecule has 0 amide bonds. The SMILES string of the molecule is CC1C=CC(C)[C@@H](C)C(=O)C1C. The fourth-order valence-corrected chi connectivity index (χ4v) is 1.62. The molecule has 1 heteroatoms. The highest BCUT2D eigenvalue weighted by Gasteiger charge is 2.28. The minimum Gasteiger partial charge on any atom is -0.299 e. The van der Waals surface area contributed by atoms with Gasteiger partial charge in [-0.25, -0.2) is 0 Å². The molecule has 0 aliphatic heterocycles. The molecule has 4 atom stereocenters. The fourth-order valence-electron chi connectivity index (χ4n) is 1.62. The summed E-state index contributed by atoms with van der Waals surface area (Å²) in [6.07, 6.45) is 4.35. The van der Waals surface area contributed by atoms with Gasteiger partial charge in [-0.3, -0.25) is 4.79 Å². The van der Waals surface area contributed by atoms with Crippen LogP contribution in [0.4, 0.5) is 0 Å². The Labute approximate surface area is 74.9 Å². The van der Waals surface area contributed by atoms with Gasteiger partial charge in [-0.15, -0.1) is 0 Å². The van der Waals surface area contributed by atoms with Gasteiger partial charge in [0.25, 0.3) is 0 Å². The molecule has 0 heterocycles. The molecule has 0 aromatic rings. The van der Waals surface area contributed by atoms with Gasteiger partial charge in [0.2, 0.25) is 0 Å². The molecule has 0 spiro atoms. The molecule has 0 radical (unpaired) electrons. The van der Waals surface area contributed by atoms with Crippen molar-refractivity contribution >= 4 is 5.78 Å². The van der Waals surface area contributed by atoms with Crippen LogP contribution in [0.1, 0.15) is 27.7 Å². The highest BCUT2D eigenvalue weighted by molar-refractivity contribution is 5.84. The van der Waals surface area contributed by atoms with E-state index in [1.165, 1.54) is 0 Å². The van der Waals surface area contributed by atoms with Gasteiger partial charge in [-0.2, -0.15) is 0 Å². The van der Waals surface area contributed by atoms with Gasteiger partial charge in [0.1, 0.15) is 5.78 Å². The molecule has 1 nitrogen and oxygen atoms in total. The maximum absolute atomic E-state index is 11.7. The number of ketones is 1. The molecule has 0 N–H and O–H groups in total. The minimum absolute atomic E-state index is 0.196. The van der Waals surface area contributed by atoms with Gasteiger partial charge in [-0.1, -0.05) is 39.8 Å². The van der Waals surface area contributed by atoms with Crippen LogP contribution in [-0.2, 0) is 4.79 Å². The summed E-state index contributed by atoms with van der Waals surface area (Å²) in [5.74, 6) is 1.62. The van der Waals surface area contributed by atoms with E-state index in [4.69, 9.17) is 0 Å². The lowest BCUT2D eigenvalue weighted by Crippen LogP contribution is -2.24. The summed E-state index contributed by atoms with van der Waals surface area (Å²) in [6.45, 7) is 8.30. The van der Waals surface area contributed by atoms with E-state index in [0.717, 1.165) is 0 Å². The zero-order valence-corrected chi connectivity index (χ0v) is 8.37. The number of rotatable bonds is 0.